The van der Waals surface area contributed by atoms with Crippen molar-refractivity contribution in [2.24, 2.45) is 0 Å². The van der Waals surface area contributed by atoms with Crippen molar-refractivity contribution in [3.05, 3.63) is 86.8 Å². The van der Waals surface area contributed by atoms with Crippen molar-refractivity contribution >= 4 is 11.6 Å². The summed E-state index contributed by atoms with van der Waals surface area (Å²) < 4.78 is 33.8. The van der Waals surface area contributed by atoms with Gasteiger partial charge in [0.25, 0.3) is 5.56 Å². The summed E-state index contributed by atoms with van der Waals surface area (Å²) >= 11 is 6.28. The molecule has 4 heterocycles. The SMILES string of the molecule is Cc1cnc(-c2cc[nH]n2)cc1-n1c(C)cc(OCc2ncc(F)cc2F)c(Cl)c1=O. The molecule has 0 amide bonds. The molecule has 0 aliphatic rings. The zero-order valence-electron chi connectivity index (χ0n) is 16.5. The normalized spacial score (nSPS) is 11.0. The Morgan fingerprint density at radius 3 is 2.65 bits per heavy atom. The second-order valence-corrected chi connectivity index (χ2v) is 7.17. The Hall–Kier alpha value is -3.59. The summed E-state index contributed by atoms with van der Waals surface area (Å²) in [6, 6.07) is 5.79. The molecule has 4 aromatic heterocycles. The Bertz CT molecular complexity index is 1320. The van der Waals surface area contributed by atoms with Crippen LogP contribution in [0, 0.1) is 25.5 Å². The average molecular weight is 444 g/mol. The van der Waals surface area contributed by atoms with Crippen LogP contribution in [0.1, 0.15) is 17.0 Å². The lowest BCUT2D eigenvalue weighted by molar-refractivity contribution is 0.292. The van der Waals surface area contributed by atoms with E-state index < -0.39 is 17.2 Å². The van der Waals surface area contributed by atoms with Crippen LogP contribution in [0.25, 0.3) is 17.1 Å². The van der Waals surface area contributed by atoms with Gasteiger partial charge < -0.3 is 4.74 Å². The van der Waals surface area contributed by atoms with E-state index in [4.69, 9.17) is 16.3 Å². The molecule has 0 atom stereocenters. The van der Waals surface area contributed by atoms with E-state index in [1.807, 2.05) is 6.92 Å². The molecule has 0 fully saturated rings. The number of hydrogen-bond acceptors (Lipinski definition) is 5. The maximum Gasteiger partial charge on any atom is 0.277 e. The van der Waals surface area contributed by atoms with Crippen LogP contribution in [0.3, 0.4) is 0 Å². The molecule has 0 radical (unpaired) electrons. The lowest BCUT2D eigenvalue weighted by Gasteiger charge is -2.16. The fourth-order valence-electron chi connectivity index (χ4n) is 3.08. The third-order valence-corrected chi connectivity index (χ3v) is 4.98. The van der Waals surface area contributed by atoms with E-state index in [-0.39, 0.29) is 23.1 Å². The van der Waals surface area contributed by atoms with Crippen molar-refractivity contribution < 1.29 is 13.5 Å². The number of halogens is 3. The van der Waals surface area contributed by atoms with Gasteiger partial charge in [-0.2, -0.15) is 5.10 Å². The molecule has 0 bridgehead atoms. The molecule has 4 rings (SSSR count). The Kier molecular flexibility index (Phi) is 5.51. The molecule has 0 aromatic carbocycles. The average Bonchev–Trinajstić information content (AvgIpc) is 3.27. The van der Waals surface area contributed by atoms with E-state index >= 15 is 0 Å². The van der Waals surface area contributed by atoms with Gasteiger partial charge in [-0.05, 0) is 31.5 Å². The monoisotopic (exact) mass is 443 g/mol. The first kappa shape index (κ1) is 20.7. The molecule has 0 saturated heterocycles. The first-order valence-electron chi connectivity index (χ1n) is 9.17. The fraction of sp³-hybridized carbons (Fsp3) is 0.143. The van der Waals surface area contributed by atoms with Gasteiger partial charge >= 0.3 is 0 Å². The van der Waals surface area contributed by atoms with E-state index in [0.717, 1.165) is 11.8 Å². The van der Waals surface area contributed by atoms with Crippen LogP contribution in [0.2, 0.25) is 5.02 Å². The maximum absolute atomic E-state index is 13.8. The minimum absolute atomic E-state index is 0.0742. The molecule has 4 aromatic rings. The minimum atomic E-state index is -0.848. The zero-order valence-corrected chi connectivity index (χ0v) is 17.2. The predicted molar refractivity (Wildman–Crippen MR) is 110 cm³/mol. The number of nitrogens with one attached hydrogen (secondary N) is 1. The number of aromatic nitrogens is 5. The van der Waals surface area contributed by atoms with Gasteiger partial charge in [0.05, 0.1) is 17.6 Å². The number of rotatable bonds is 5. The highest BCUT2D eigenvalue weighted by molar-refractivity contribution is 6.31. The quantitative estimate of drug-likeness (QED) is 0.501. The Morgan fingerprint density at radius 2 is 1.94 bits per heavy atom. The number of aryl methyl sites for hydroxylation is 2. The molecule has 0 aliphatic carbocycles. The van der Waals surface area contributed by atoms with Crippen LogP contribution < -0.4 is 10.3 Å². The van der Waals surface area contributed by atoms with Gasteiger partial charge in [-0.25, -0.2) is 8.78 Å². The maximum atomic E-state index is 13.8. The van der Waals surface area contributed by atoms with E-state index in [0.29, 0.717) is 28.8 Å². The van der Waals surface area contributed by atoms with Crippen molar-refractivity contribution in [3.63, 3.8) is 0 Å². The number of H-pyrrole nitrogens is 1. The molecule has 0 unspecified atom stereocenters. The minimum Gasteiger partial charge on any atom is -0.485 e. The van der Waals surface area contributed by atoms with Gasteiger partial charge in [0.2, 0.25) is 0 Å². The summed E-state index contributed by atoms with van der Waals surface area (Å²) in [5.74, 6) is -1.57. The van der Waals surface area contributed by atoms with Gasteiger partial charge in [0, 0.05) is 30.2 Å². The van der Waals surface area contributed by atoms with Crippen LogP contribution in [-0.4, -0.2) is 24.7 Å². The molecule has 0 spiro atoms. The standard InChI is InChI=1S/C21H16ClF2N5O2/c1-11-8-25-16(15-3-4-27-28-15)7-18(11)29-12(2)5-19(20(22)21(29)30)31-10-17-14(24)6-13(23)9-26-17/h3-9H,10H2,1-2H3,(H,27,28). The van der Waals surface area contributed by atoms with Gasteiger partial charge in [-0.1, -0.05) is 11.6 Å². The highest BCUT2D eigenvalue weighted by Gasteiger charge is 2.17. The predicted octanol–water partition coefficient (Wildman–Crippen LogP) is 4.15. The van der Waals surface area contributed by atoms with E-state index in [1.165, 1.54) is 4.57 Å². The Balaban J connectivity index is 1.71. The van der Waals surface area contributed by atoms with Crippen LogP contribution in [0.4, 0.5) is 8.78 Å². The number of hydrogen-bond donors (Lipinski definition) is 1. The van der Waals surface area contributed by atoms with Crippen LogP contribution >= 0.6 is 11.6 Å². The number of aromatic amines is 1. The first-order chi connectivity index (χ1) is 14.8. The molecule has 0 aliphatic heterocycles. The van der Waals surface area contributed by atoms with E-state index in [2.05, 4.69) is 20.2 Å². The molecular formula is C21H16ClF2N5O2. The van der Waals surface area contributed by atoms with Crippen molar-refractivity contribution in [3.8, 4) is 22.8 Å². The van der Waals surface area contributed by atoms with Gasteiger partial charge in [0.15, 0.2) is 5.82 Å². The fourth-order valence-corrected chi connectivity index (χ4v) is 3.27. The first-order valence-corrected chi connectivity index (χ1v) is 9.55. The van der Waals surface area contributed by atoms with Crippen LogP contribution in [0.5, 0.6) is 5.75 Å². The largest absolute Gasteiger partial charge is 0.485 e. The van der Waals surface area contributed by atoms with Gasteiger partial charge in [-0.15, -0.1) is 0 Å². The van der Waals surface area contributed by atoms with Crippen LogP contribution in [-0.2, 0) is 6.61 Å². The van der Waals surface area contributed by atoms with Crippen molar-refractivity contribution in [1.82, 2.24) is 24.7 Å². The molecular weight excluding hydrogens is 428 g/mol. The summed E-state index contributed by atoms with van der Waals surface area (Å²) in [6.07, 6.45) is 4.21. The van der Waals surface area contributed by atoms with E-state index in [1.54, 1.807) is 37.5 Å². The Morgan fingerprint density at radius 1 is 1.13 bits per heavy atom. The number of nitrogens with zero attached hydrogens (tertiary/aromatic N) is 4. The summed E-state index contributed by atoms with van der Waals surface area (Å²) in [6.45, 7) is 3.23. The number of ether oxygens (including phenoxy) is 1. The van der Waals surface area contributed by atoms with Crippen molar-refractivity contribution in [2.75, 3.05) is 0 Å². The summed E-state index contributed by atoms with van der Waals surface area (Å²) in [7, 11) is 0. The van der Waals surface area contributed by atoms with Crippen molar-refractivity contribution in [1.29, 1.82) is 0 Å². The van der Waals surface area contributed by atoms with Gasteiger partial charge in [0.1, 0.15) is 34.6 Å². The topological polar surface area (TPSA) is 85.7 Å². The Labute approximate surface area is 180 Å². The van der Waals surface area contributed by atoms with Crippen LogP contribution in [0.15, 0.2) is 47.7 Å². The third-order valence-electron chi connectivity index (χ3n) is 4.63. The number of pyridine rings is 3. The second-order valence-electron chi connectivity index (χ2n) is 6.79. The summed E-state index contributed by atoms with van der Waals surface area (Å²) in [5, 5.41) is 6.66. The summed E-state index contributed by atoms with van der Waals surface area (Å²) in [4.78, 5) is 21.1. The second kappa shape index (κ2) is 8.27. The molecule has 158 valence electrons. The third kappa shape index (κ3) is 4.04. The molecule has 31 heavy (non-hydrogen) atoms. The lowest BCUT2D eigenvalue weighted by atomic mass is 10.1. The molecule has 0 saturated carbocycles. The highest BCUT2D eigenvalue weighted by atomic mass is 35.5. The molecule has 10 heteroatoms. The smallest absolute Gasteiger partial charge is 0.277 e. The zero-order chi connectivity index (χ0) is 22.1. The van der Waals surface area contributed by atoms with Crippen molar-refractivity contribution in [2.45, 2.75) is 20.5 Å². The lowest BCUT2D eigenvalue weighted by Crippen LogP contribution is -2.23. The summed E-state index contributed by atoms with van der Waals surface area (Å²) in [5.41, 5.74) is 2.50. The van der Waals surface area contributed by atoms with Gasteiger partial charge in [-0.3, -0.25) is 24.4 Å². The molecule has 1 N–H and O–H groups in total. The highest BCUT2D eigenvalue weighted by Crippen LogP contribution is 2.27. The van der Waals surface area contributed by atoms with E-state index in [9.17, 15) is 13.6 Å². The molecule has 7 nitrogen and oxygen atoms in total.